The van der Waals surface area contributed by atoms with Crippen LogP contribution < -0.4 is 5.32 Å². The molecule has 0 spiro atoms. The van der Waals surface area contributed by atoms with E-state index in [1.807, 2.05) is 6.07 Å². The van der Waals surface area contributed by atoms with Crippen LogP contribution in [-0.4, -0.2) is 0 Å². The molecule has 0 atom stereocenters. The molecule has 1 aliphatic carbocycles. The summed E-state index contributed by atoms with van der Waals surface area (Å²) in [6, 6.07) is 30.3. The molecule has 1 N–H and O–H groups in total. The molecule has 126 valence electrons. The van der Waals surface area contributed by atoms with Gasteiger partial charge in [-0.15, -0.1) is 0 Å². The molecule has 1 heteroatoms. The third-order valence-corrected chi connectivity index (χ3v) is 5.64. The van der Waals surface area contributed by atoms with Gasteiger partial charge in [0.2, 0.25) is 0 Å². The van der Waals surface area contributed by atoms with Gasteiger partial charge in [-0.1, -0.05) is 80.6 Å². The fourth-order valence-electron chi connectivity index (χ4n) is 4.33. The summed E-state index contributed by atoms with van der Waals surface area (Å²) in [6.07, 6.45) is 0. The largest absolute Gasteiger partial charge is 0.355 e. The summed E-state index contributed by atoms with van der Waals surface area (Å²) in [4.78, 5) is 0. The lowest BCUT2D eigenvalue weighted by Gasteiger charge is -2.23. The fraction of sp³-hybridized carbons (Fsp3) is 0.120. The summed E-state index contributed by atoms with van der Waals surface area (Å²) in [5.41, 5.74) is 7.86. The first-order valence-corrected chi connectivity index (χ1v) is 9.14. The average molecular weight is 335 g/mol. The molecule has 0 aliphatic heterocycles. The highest BCUT2D eigenvalue weighted by molar-refractivity contribution is 6.08. The summed E-state index contributed by atoms with van der Waals surface area (Å²) < 4.78 is 0. The van der Waals surface area contributed by atoms with Gasteiger partial charge in [0.1, 0.15) is 0 Å². The monoisotopic (exact) mass is 335 g/mol. The van der Waals surface area contributed by atoms with E-state index in [0.29, 0.717) is 0 Å². The van der Waals surface area contributed by atoms with E-state index < -0.39 is 0 Å². The second-order valence-corrected chi connectivity index (χ2v) is 7.55. The Morgan fingerprint density at radius 3 is 2.12 bits per heavy atom. The maximum Gasteiger partial charge on any atom is 0.0467 e. The van der Waals surface area contributed by atoms with E-state index in [9.17, 15) is 0 Å². The molecule has 0 unspecified atom stereocenters. The van der Waals surface area contributed by atoms with E-state index in [4.69, 9.17) is 0 Å². The number of hydrogen-bond donors (Lipinski definition) is 1. The molecule has 0 heterocycles. The third-order valence-electron chi connectivity index (χ3n) is 5.64. The highest BCUT2D eigenvalue weighted by atomic mass is 14.9. The van der Waals surface area contributed by atoms with Gasteiger partial charge in [-0.2, -0.15) is 0 Å². The summed E-state index contributed by atoms with van der Waals surface area (Å²) in [5, 5.41) is 6.23. The highest BCUT2D eigenvalue weighted by Gasteiger charge is 2.36. The van der Waals surface area contributed by atoms with Crippen LogP contribution in [0.1, 0.15) is 25.0 Å². The topological polar surface area (TPSA) is 12.0 Å². The minimum atomic E-state index is 0.00305. The standard InChI is InChI=1S/C25H21N/c1-25(2)21-15-9-8-14-20(21)24-19-13-7-6-12-18(19)23(16-22(24)25)26-17-10-4-3-5-11-17/h3-16,26H,1-2H3. The molecule has 0 fully saturated rings. The molecule has 0 aromatic heterocycles. The third kappa shape index (κ3) is 2.10. The molecule has 0 saturated heterocycles. The number of nitrogens with one attached hydrogen (secondary N) is 1. The number of rotatable bonds is 2. The zero-order valence-electron chi connectivity index (χ0n) is 15.1. The molecule has 4 aromatic rings. The number of para-hydroxylation sites is 1. The van der Waals surface area contributed by atoms with Crippen molar-refractivity contribution in [3.8, 4) is 11.1 Å². The summed E-state index contributed by atoms with van der Waals surface area (Å²) in [6.45, 7) is 4.66. The quantitative estimate of drug-likeness (QED) is 0.420. The predicted octanol–water partition coefficient (Wildman–Crippen LogP) is 6.89. The van der Waals surface area contributed by atoms with Crippen LogP contribution in [0.3, 0.4) is 0 Å². The van der Waals surface area contributed by atoms with Crippen LogP contribution in [0.2, 0.25) is 0 Å². The molecule has 0 saturated carbocycles. The Morgan fingerprint density at radius 1 is 0.654 bits per heavy atom. The molecule has 0 amide bonds. The minimum absolute atomic E-state index is 0.00305. The first kappa shape index (κ1) is 15.2. The van der Waals surface area contributed by atoms with Gasteiger partial charge in [0.05, 0.1) is 0 Å². The predicted molar refractivity (Wildman–Crippen MR) is 111 cm³/mol. The molecule has 0 radical (unpaired) electrons. The molecule has 1 nitrogen and oxygen atoms in total. The van der Waals surface area contributed by atoms with E-state index in [2.05, 4.69) is 98.0 Å². The molecule has 1 aliphatic rings. The zero-order chi connectivity index (χ0) is 17.7. The second-order valence-electron chi connectivity index (χ2n) is 7.55. The van der Waals surface area contributed by atoms with Crippen molar-refractivity contribution in [2.24, 2.45) is 0 Å². The smallest absolute Gasteiger partial charge is 0.0467 e. The SMILES string of the molecule is CC1(C)c2ccccc2-c2c1cc(Nc1ccccc1)c1ccccc21. The Hall–Kier alpha value is -3.06. The molecular formula is C25H21N. The molecule has 5 rings (SSSR count). The van der Waals surface area contributed by atoms with Crippen LogP contribution >= 0.6 is 0 Å². The Kier molecular flexibility index (Phi) is 3.20. The van der Waals surface area contributed by atoms with Gasteiger partial charge in [-0.3, -0.25) is 0 Å². The number of fused-ring (bicyclic) bond motifs is 5. The molecule has 26 heavy (non-hydrogen) atoms. The minimum Gasteiger partial charge on any atom is -0.355 e. The number of hydrogen-bond acceptors (Lipinski definition) is 1. The first-order valence-electron chi connectivity index (χ1n) is 9.14. The van der Waals surface area contributed by atoms with Gasteiger partial charge in [0, 0.05) is 22.2 Å². The molecular weight excluding hydrogens is 314 g/mol. The first-order chi connectivity index (χ1) is 12.7. The Morgan fingerprint density at radius 2 is 1.31 bits per heavy atom. The van der Waals surface area contributed by atoms with E-state index in [1.54, 1.807) is 0 Å². The van der Waals surface area contributed by atoms with Crippen LogP contribution in [0.4, 0.5) is 11.4 Å². The molecule has 0 bridgehead atoms. The Labute approximate surface area is 154 Å². The summed E-state index contributed by atoms with van der Waals surface area (Å²) >= 11 is 0. The van der Waals surface area contributed by atoms with Crippen molar-refractivity contribution in [2.45, 2.75) is 19.3 Å². The van der Waals surface area contributed by atoms with E-state index in [-0.39, 0.29) is 5.41 Å². The normalized spacial score (nSPS) is 14.1. The van der Waals surface area contributed by atoms with Gasteiger partial charge >= 0.3 is 0 Å². The summed E-state index contributed by atoms with van der Waals surface area (Å²) in [5.74, 6) is 0. The van der Waals surface area contributed by atoms with Gasteiger partial charge < -0.3 is 5.32 Å². The highest BCUT2D eigenvalue weighted by Crippen LogP contribution is 2.52. The van der Waals surface area contributed by atoms with Crippen molar-refractivity contribution in [1.82, 2.24) is 0 Å². The fourth-order valence-corrected chi connectivity index (χ4v) is 4.33. The second kappa shape index (κ2) is 5.47. The van der Waals surface area contributed by atoms with Crippen molar-refractivity contribution < 1.29 is 0 Å². The van der Waals surface area contributed by atoms with Crippen molar-refractivity contribution in [3.63, 3.8) is 0 Å². The Balaban J connectivity index is 1.82. The van der Waals surface area contributed by atoms with E-state index >= 15 is 0 Å². The lowest BCUT2D eigenvalue weighted by Crippen LogP contribution is -2.15. The van der Waals surface area contributed by atoms with Crippen molar-refractivity contribution >= 4 is 22.1 Å². The van der Waals surface area contributed by atoms with Crippen molar-refractivity contribution in [1.29, 1.82) is 0 Å². The van der Waals surface area contributed by atoms with Crippen LogP contribution in [0.5, 0.6) is 0 Å². The van der Waals surface area contributed by atoms with E-state index in [1.165, 1.54) is 38.7 Å². The molecule has 4 aromatic carbocycles. The van der Waals surface area contributed by atoms with Crippen LogP contribution in [-0.2, 0) is 5.41 Å². The summed E-state index contributed by atoms with van der Waals surface area (Å²) in [7, 11) is 0. The maximum atomic E-state index is 3.64. The van der Waals surface area contributed by atoms with Gasteiger partial charge in [-0.05, 0) is 45.8 Å². The number of benzene rings is 4. The lowest BCUT2D eigenvalue weighted by atomic mass is 9.81. The van der Waals surface area contributed by atoms with Gasteiger partial charge in [-0.25, -0.2) is 0 Å². The van der Waals surface area contributed by atoms with Crippen LogP contribution in [0.15, 0.2) is 84.9 Å². The van der Waals surface area contributed by atoms with Crippen molar-refractivity contribution in [2.75, 3.05) is 5.32 Å². The zero-order valence-corrected chi connectivity index (χ0v) is 15.1. The van der Waals surface area contributed by atoms with Crippen molar-refractivity contribution in [3.05, 3.63) is 96.1 Å². The lowest BCUT2D eigenvalue weighted by molar-refractivity contribution is 0.661. The average Bonchev–Trinajstić information content (AvgIpc) is 2.91. The van der Waals surface area contributed by atoms with Crippen LogP contribution in [0.25, 0.3) is 21.9 Å². The maximum absolute atomic E-state index is 3.64. The van der Waals surface area contributed by atoms with Crippen LogP contribution in [0, 0.1) is 0 Å². The van der Waals surface area contributed by atoms with Gasteiger partial charge in [0.15, 0.2) is 0 Å². The number of anilines is 2. The van der Waals surface area contributed by atoms with E-state index in [0.717, 1.165) is 5.69 Å². The van der Waals surface area contributed by atoms with Gasteiger partial charge in [0.25, 0.3) is 0 Å². The Bertz CT molecular complexity index is 1120.